The average molecular weight is 455 g/mol. The number of fused-ring (bicyclic) bond motifs is 3. The second-order valence-electron chi connectivity index (χ2n) is 6.96. The molecule has 2 heteroatoms. The topological polar surface area (TPSA) is 0 Å². The van der Waals surface area contributed by atoms with Crippen LogP contribution < -0.4 is 9.07 Å². The van der Waals surface area contributed by atoms with E-state index in [-0.39, 0.29) is 5.41 Å². The maximum absolute atomic E-state index is 6.37. The van der Waals surface area contributed by atoms with E-state index in [9.17, 15) is 0 Å². The van der Waals surface area contributed by atoms with Gasteiger partial charge in [0.05, 0.1) is 0 Å². The van der Waals surface area contributed by atoms with Crippen LogP contribution in [0.4, 0.5) is 0 Å². The van der Waals surface area contributed by atoms with Gasteiger partial charge in [0.25, 0.3) is 0 Å². The van der Waals surface area contributed by atoms with Crippen LogP contribution in [0.5, 0.6) is 0 Å². The Morgan fingerprint density at radius 2 is 1.15 bits per heavy atom. The normalized spacial score (nSPS) is 13.8. The van der Waals surface area contributed by atoms with Gasteiger partial charge in [-0.1, -0.05) is 0 Å². The van der Waals surface area contributed by atoms with Crippen molar-refractivity contribution in [3.63, 3.8) is 0 Å². The summed E-state index contributed by atoms with van der Waals surface area (Å²) in [7, 11) is 6.37. The van der Waals surface area contributed by atoms with Crippen molar-refractivity contribution in [2.45, 2.75) is 5.41 Å². The zero-order chi connectivity index (χ0) is 18.4. The van der Waals surface area contributed by atoms with Gasteiger partial charge in [-0.2, -0.15) is 0 Å². The molecule has 4 aromatic carbocycles. The van der Waals surface area contributed by atoms with Crippen molar-refractivity contribution in [2.75, 3.05) is 0 Å². The molecule has 5 rings (SSSR count). The van der Waals surface area contributed by atoms with Gasteiger partial charge in [0.2, 0.25) is 0 Å². The van der Waals surface area contributed by atoms with Gasteiger partial charge in [-0.05, 0) is 0 Å². The fraction of sp³-hybridized carbons (Fsp3) is 0.0400. The van der Waals surface area contributed by atoms with Crippen LogP contribution in [-0.4, -0.2) is 30.1 Å². The van der Waals surface area contributed by atoms with E-state index >= 15 is 0 Å². The van der Waals surface area contributed by atoms with Gasteiger partial charge in [-0.3, -0.25) is 0 Å². The Hall–Kier alpha value is -2.27. The minimum absolute atomic E-state index is 0.350. The summed E-state index contributed by atoms with van der Waals surface area (Å²) in [6.07, 6.45) is 0. The summed E-state index contributed by atoms with van der Waals surface area (Å²) < 4.78 is 1.12. The van der Waals surface area contributed by atoms with Crippen molar-refractivity contribution in [1.29, 1.82) is 0 Å². The second-order valence-corrected chi connectivity index (χ2v) is 8.22. The van der Waals surface area contributed by atoms with E-state index in [4.69, 9.17) is 7.85 Å². The molecule has 0 amide bonds. The Labute approximate surface area is 174 Å². The summed E-state index contributed by atoms with van der Waals surface area (Å²) in [5.74, 6) is 0. The molecule has 0 spiro atoms. The van der Waals surface area contributed by atoms with Crippen LogP contribution in [0.25, 0.3) is 11.1 Å². The van der Waals surface area contributed by atoms with Crippen LogP contribution in [0.1, 0.15) is 22.3 Å². The first-order valence-electron chi connectivity index (χ1n) is 9.05. The predicted octanol–water partition coefficient (Wildman–Crippen LogP) is 3.64. The van der Waals surface area contributed by atoms with Crippen molar-refractivity contribution in [2.24, 2.45) is 0 Å². The van der Waals surface area contributed by atoms with Crippen molar-refractivity contribution in [1.82, 2.24) is 0 Å². The molecule has 0 nitrogen and oxygen atoms in total. The van der Waals surface area contributed by atoms with E-state index < -0.39 is 0 Å². The molecule has 0 saturated carbocycles. The molecule has 0 fully saturated rings. The third-order valence-corrected chi connectivity index (χ3v) is 6.66. The minimum atomic E-state index is -0.350. The van der Waals surface area contributed by atoms with E-state index in [0.717, 1.165) is 9.07 Å². The van der Waals surface area contributed by atoms with Gasteiger partial charge < -0.3 is 0 Å². The SMILES string of the molecule is [B]c1cc(C2(c3ccccc3)c3ccccc3-c3ccccc32)ccc1[Te]. The molecular formula is C25H16BTe. The Kier molecular flexibility index (Phi) is 4.01. The Morgan fingerprint density at radius 1 is 0.593 bits per heavy atom. The van der Waals surface area contributed by atoms with Crippen LogP contribution in [0.15, 0.2) is 97.1 Å². The summed E-state index contributed by atoms with van der Waals surface area (Å²) in [4.78, 5) is 0. The van der Waals surface area contributed by atoms with Gasteiger partial charge in [0.1, 0.15) is 0 Å². The molecule has 1 aliphatic carbocycles. The van der Waals surface area contributed by atoms with Crippen LogP contribution in [0, 0.1) is 0 Å². The van der Waals surface area contributed by atoms with Gasteiger partial charge in [-0.25, -0.2) is 0 Å². The van der Waals surface area contributed by atoms with Gasteiger partial charge in [-0.15, -0.1) is 0 Å². The molecule has 3 radical (unpaired) electrons. The molecule has 0 heterocycles. The third kappa shape index (κ3) is 2.37. The van der Waals surface area contributed by atoms with Crippen LogP contribution in [0.2, 0.25) is 0 Å². The van der Waals surface area contributed by atoms with E-state index in [0.29, 0.717) is 0 Å². The van der Waals surface area contributed by atoms with Crippen molar-refractivity contribution >= 4 is 39.2 Å². The van der Waals surface area contributed by atoms with Crippen molar-refractivity contribution < 1.29 is 0 Å². The third-order valence-electron chi connectivity index (χ3n) is 5.60. The summed E-state index contributed by atoms with van der Waals surface area (Å²) in [5, 5.41) is 0. The molecule has 0 aromatic heterocycles. The second kappa shape index (κ2) is 6.41. The van der Waals surface area contributed by atoms with Gasteiger partial charge >= 0.3 is 175 Å². The molecule has 4 aromatic rings. The quantitative estimate of drug-likeness (QED) is 0.357. The molecule has 27 heavy (non-hydrogen) atoms. The molecule has 0 aliphatic heterocycles. The molecular weight excluding hydrogens is 439 g/mol. The Bertz CT molecular complexity index is 1100. The molecule has 125 valence electrons. The van der Waals surface area contributed by atoms with Crippen molar-refractivity contribution in [3.05, 3.63) is 119 Å². The fourth-order valence-electron chi connectivity index (χ4n) is 4.49. The molecule has 0 unspecified atom stereocenters. The van der Waals surface area contributed by atoms with Crippen LogP contribution in [-0.2, 0) is 5.41 Å². The van der Waals surface area contributed by atoms with Crippen LogP contribution >= 0.6 is 0 Å². The fourth-order valence-corrected chi connectivity index (χ4v) is 4.86. The first-order valence-corrected chi connectivity index (χ1v) is 10.2. The number of hydrogen-bond donors (Lipinski definition) is 0. The van der Waals surface area contributed by atoms with Gasteiger partial charge in [0.15, 0.2) is 0 Å². The number of benzene rings is 4. The average Bonchev–Trinajstić information content (AvgIpc) is 3.02. The number of hydrogen-bond acceptors (Lipinski definition) is 0. The molecule has 0 bridgehead atoms. The first-order chi connectivity index (χ1) is 13.2. The van der Waals surface area contributed by atoms with E-state index in [1.54, 1.807) is 0 Å². The molecule has 0 N–H and O–H groups in total. The standard InChI is InChI=1S/C25H16BTe/c26-23-16-18(14-15-24(23)27)25(17-8-2-1-3-9-17)21-12-6-4-10-19(21)20-11-5-7-13-22(20)25/h1-16H. The zero-order valence-electron chi connectivity index (χ0n) is 14.7. The summed E-state index contributed by atoms with van der Waals surface area (Å²) in [5.41, 5.74) is 8.23. The molecule has 0 saturated heterocycles. The predicted molar refractivity (Wildman–Crippen MR) is 115 cm³/mol. The van der Waals surface area contributed by atoms with E-state index in [1.165, 1.54) is 33.4 Å². The van der Waals surface area contributed by atoms with Gasteiger partial charge in [0, 0.05) is 0 Å². The number of rotatable bonds is 2. The van der Waals surface area contributed by atoms with E-state index in [2.05, 4.69) is 97.1 Å². The Balaban J connectivity index is 1.97. The monoisotopic (exact) mass is 457 g/mol. The molecule has 1 aliphatic rings. The zero-order valence-corrected chi connectivity index (χ0v) is 17.1. The van der Waals surface area contributed by atoms with E-state index in [1.807, 2.05) is 22.3 Å². The molecule has 0 atom stereocenters. The first kappa shape index (κ1) is 16.9. The van der Waals surface area contributed by atoms with Crippen molar-refractivity contribution in [3.8, 4) is 11.1 Å². The summed E-state index contributed by atoms with van der Waals surface area (Å²) in [6.45, 7) is 0. The summed E-state index contributed by atoms with van der Waals surface area (Å²) in [6, 6.07) is 34.8. The maximum atomic E-state index is 6.37. The summed E-state index contributed by atoms with van der Waals surface area (Å²) >= 11 is 1.98. The van der Waals surface area contributed by atoms with Crippen LogP contribution in [0.3, 0.4) is 0 Å². The Morgan fingerprint density at radius 3 is 1.74 bits per heavy atom.